The van der Waals surface area contributed by atoms with Gasteiger partial charge in [-0.1, -0.05) is 11.6 Å². The second kappa shape index (κ2) is 6.38. The molecular weight excluding hydrogens is 204 g/mol. The largest absolute Gasteiger partial charge is 0.373 e. The van der Waals surface area contributed by atoms with Gasteiger partial charge >= 0.3 is 0 Å². The molecule has 0 saturated heterocycles. The number of allylic oxidation sites excluding steroid dienone is 2. The van der Waals surface area contributed by atoms with Gasteiger partial charge in [0.2, 0.25) is 0 Å². The molecule has 0 bridgehead atoms. The first-order valence-electron chi connectivity index (χ1n) is 5.53. The molecule has 0 radical (unpaired) electrons. The molecule has 1 rings (SSSR count). The zero-order valence-electron chi connectivity index (χ0n) is 9.91. The average Bonchev–Trinajstić information content (AvgIpc) is 2.12. The molecule has 0 aromatic carbocycles. The predicted octanol–water partition coefficient (Wildman–Crippen LogP) is 2.22. The van der Waals surface area contributed by atoms with E-state index in [1.165, 1.54) is 12.5 Å². The first-order valence-corrected chi connectivity index (χ1v) is 5.53. The summed E-state index contributed by atoms with van der Waals surface area (Å²) in [5.74, 6) is -0.211. The summed E-state index contributed by atoms with van der Waals surface area (Å²) in [4.78, 5) is 22.2. The van der Waals surface area contributed by atoms with Crippen molar-refractivity contribution in [1.29, 1.82) is 0 Å². The second-order valence-corrected chi connectivity index (χ2v) is 4.23. The van der Waals surface area contributed by atoms with Gasteiger partial charge in [-0.2, -0.15) is 0 Å². The second-order valence-electron chi connectivity index (χ2n) is 4.23. The summed E-state index contributed by atoms with van der Waals surface area (Å²) >= 11 is 0. The van der Waals surface area contributed by atoms with E-state index in [-0.39, 0.29) is 18.0 Å². The van der Waals surface area contributed by atoms with E-state index >= 15 is 0 Å². The quantitative estimate of drug-likeness (QED) is 0.418. The van der Waals surface area contributed by atoms with Crippen molar-refractivity contribution in [1.82, 2.24) is 0 Å². The van der Waals surface area contributed by atoms with Crippen molar-refractivity contribution in [2.75, 3.05) is 13.2 Å². The number of carbonyl (C=O) groups is 2. The van der Waals surface area contributed by atoms with Crippen molar-refractivity contribution >= 4 is 11.6 Å². The average molecular weight is 222 g/mol. The molecule has 0 N–H and O–H groups in total. The maximum atomic E-state index is 11.4. The fourth-order valence-corrected chi connectivity index (χ4v) is 1.62. The van der Waals surface area contributed by atoms with Crippen LogP contribution >= 0.6 is 0 Å². The lowest BCUT2D eigenvalue weighted by Gasteiger charge is -2.12. The maximum absolute atomic E-state index is 11.4. The number of ether oxygens (including phenoxy) is 1. The molecule has 0 unspecified atom stereocenters. The van der Waals surface area contributed by atoms with Crippen LogP contribution in [0, 0.1) is 0 Å². The number of hydrogen-bond donors (Lipinski definition) is 0. The molecule has 0 aromatic heterocycles. The number of rotatable bonds is 3. The number of carbonyl (C=O) groups excluding carboxylic acids is 2. The smallest absolute Gasteiger partial charge is 0.163 e. The summed E-state index contributed by atoms with van der Waals surface area (Å²) < 4.78 is 5.43. The fraction of sp³-hybridized carbons (Fsp3) is 0.538. The van der Waals surface area contributed by atoms with Gasteiger partial charge in [-0.15, -0.1) is 0 Å². The molecule has 3 nitrogen and oxygen atoms in total. The minimum Gasteiger partial charge on any atom is -0.373 e. The molecule has 1 heterocycles. The van der Waals surface area contributed by atoms with Crippen molar-refractivity contribution in [3.63, 3.8) is 0 Å². The third-order valence-corrected chi connectivity index (χ3v) is 2.36. The number of hydrogen-bond acceptors (Lipinski definition) is 3. The van der Waals surface area contributed by atoms with Crippen LogP contribution in [-0.2, 0) is 14.3 Å². The Morgan fingerprint density at radius 3 is 2.88 bits per heavy atom. The molecule has 16 heavy (non-hydrogen) atoms. The normalized spacial score (nSPS) is 23.1. The van der Waals surface area contributed by atoms with Crippen molar-refractivity contribution in [2.45, 2.75) is 33.1 Å². The summed E-state index contributed by atoms with van der Waals surface area (Å²) in [6, 6.07) is 0. The molecule has 0 fully saturated rings. The summed E-state index contributed by atoms with van der Waals surface area (Å²) in [6.07, 6.45) is 5.46. The monoisotopic (exact) mass is 222 g/mol. The van der Waals surface area contributed by atoms with E-state index in [9.17, 15) is 9.59 Å². The molecule has 0 amide bonds. The highest BCUT2D eigenvalue weighted by Crippen LogP contribution is 2.13. The highest BCUT2D eigenvalue weighted by molar-refractivity contribution is 6.03. The molecule has 1 aliphatic rings. The van der Waals surface area contributed by atoms with Crippen molar-refractivity contribution in [2.24, 2.45) is 0 Å². The molecule has 1 aliphatic heterocycles. The van der Waals surface area contributed by atoms with Gasteiger partial charge in [0.05, 0.1) is 19.6 Å². The van der Waals surface area contributed by atoms with E-state index in [4.69, 9.17) is 4.74 Å². The topological polar surface area (TPSA) is 43.4 Å². The first kappa shape index (κ1) is 12.8. The lowest BCUT2D eigenvalue weighted by Crippen LogP contribution is -2.08. The molecule has 0 aliphatic carbocycles. The summed E-state index contributed by atoms with van der Waals surface area (Å²) in [6.45, 7) is 4.58. The Hall–Kier alpha value is -1.22. The van der Waals surface area contributed by atoms with Crippen molar-refractivity contribution in [3.8, 4) is 0 Å². The van der Waals surface area contributed by atoms with Crippen LogP contribution in [0.15, 0.2) is 23.3 Å². The van der Waals surface area contributed by atoms with Gasteiger partial charge in [0.15, 0.2) is 5.78 Å². The number of ketones is 2. The Labute approximate surface area is 96.2 Å². The van der Waals surface area contributed by atoms with Gasteiger partial charge in [-0.25, -0.2) is 0 Å². The minimum atomic E-state index is -0.118. The molecule has 3 heteroatoms. The van der Waals surface area contributed by atoms with Gasteiger partial charge in [0.25, 0.3) is 0 Å². The molecule has 0 spiro atoms. The van der Waals surface area contributed by atoms with E-state index in [1.807, 2.05) is 6.92 Å². The third-order valence-electron chi connectivity index (χ3n) is 2.36. The Morgan fingerprint density at radius 2 is 2.19 bits per heavy atom. The van der Waals surface area contributed by atoms with Crippen LogP contribution < -0.4 is 0 Å². The van der Waals surface area contributed by atoms with Gasteiger partial charge in [-0.05, 0) is 38.3 Å². The van der Waals surface area contributed by atoms with Gasteiger partial charge in [0.1, 0.15) is 5.78 Å². The highest BCUT2D eigenvalue weighted by atomic mass is 16.5. The number of Topliss-reactive ketones (excluding diaryl/α,β-unsaturated/α-hetero) is 1. The Bertz CT molecular complexity index is 337. The molecular formula is C13H18O3. The summed E-state index contributed by atoms with van der Waals surface area (Å²) in [5.41, 5.74) is 2.21. The standard InChI is InChI=1S/C13H18O3/c1-10-4-3-5-12(9-16-8-10)7-13(15)6-11(2)14/h4,7H,3,5-6,8-9H2,1-2H3/b10-4+,12-7+. The van der Waals surface area contributed by atoms with Gasteiger partial charge in [-0.3, -0.25) is 9.59 Å². The van der Waals surface area contributed by atoms with E-state index in [0.717, 1.165) is 18.4 Å². The van der Waals surface area contributed by atoms with Crippen LogP contribution in [0.25, 0.3) is 0 Å². The van der Waals surface area contributed by atoms with Crippen LogP contribution in [0.4, 0.5) is 0 Å². The SMILES string of the molecule is CC(=O)CC(=O)/C=C1\CC/C=C(\C)COC1. The zero-order chi connectivity index (χ0) is 12.0. The fourth-order valence-electron chi connectivity index (χ4n) is 1.62. The van der Waals surface area contributed by atoms with Crippen LogP contribution in [0.3, 0.4) is 0 Å². The third kappa shape index (κ3) is 5.03. The van der Waals surface area contributed by atoms with Crippen LogP contribution in [-0.4, -0.2) is 24.8 Å². The maximum Gasteiger partial charge on any atom is 0.163 e. The Morgan fingerprint density at radius 1 is 1.44 bits per heavy atom. The lowest BCUT2D eigenvalue weighted by molar-refractivity contribution is -0.123. The van der Waals surface area contributed by atoms with E-state index in [2.05, 4.69) is 6.08 Å². The van der Waals surface area contributed by atoms with Crippen LogP contribution in [0.1, 0.15) is 33.1 Å². The molecule has 0 aromatic rings. The van der Waals surface area contributed by atoms with Crippen LogP contribution in [0.5, 0.6) is 0 Å². The van der Waals surface area contributed by atoms with Crippen molar-refractivity contribution in [3.05, 3.63) is 23.3 Å². The predicted molar refractivity (Wildman–Crippen MR) is 62.2 cm³/mol. The minimum absolute atomic E-state index is 0.00162. The zero-order valence-corrected chi connectivity index (χ0v) is 9.91. The molecule has 0 saturated carbocycles. The summed E-state index contributed by atoms with van der Waals surface area (Å²) in [5, 5.41) is 0. The van der Waals surface area contributed by atoms with E-state index in [1.54, 1.807) is 6.08 Å². The Balaban J connectivity index is 2.56. The first-order chi connectivity index (χ1) is 7.58. The molecule has 0 atom stereocenters. The Kier molecular flexibility index (Phi) is 5.12. The lowest BCUT2D eigenvalue weighted by atomic mass is 10.1. The highest BCUT2D eigenvalue weighted by Gasteiger charge is 2.07. The molecule has 88 valence electrons. The van der Waals surface area contributed by atoms with Crippen LogP contribution in [0.2, 0.25) is 0 Å². The van der Waals surface area contributed by atoms with E-state index < -0.39 is 0 Å². The van der Waals surface area contributed by atoms with Gasteiger partial charge in [0, 0.05) is 0 Å². The summed E-state index contributed by atoms with van der Waals surface area (Å²) in [7, 11) is 0. The van der Waals surface area contributed by atoms with E-state index in [0.29, 0.717) is 13.2 Å². The van der Waals surface area contributed by atoms with Gasteiger partial charge < -0.3 is 4.74 Å². The van der Waals surface area contributed by atoms with Crippen molar-refractivity contribution < 1.29 is 14.3 Å².